The second kappa shape index (κ2) is 4.67. The van der Waals surface area contributed by atoms with E-state index in [1.807, 2.05) is 41.5 Å². The van der Waals surface area contributed by atoms with Crippen LogP contribution in [0.1, 0.15) is 41.5 Å². The Kier molecular flexibility index (Phi) is 6.06. The Morgan fingerprint density at radius 3 is 0.909 bits per heavy atom. The molecule has 0 atom stereocenters. The van der Waals surface area contributed by atoms with E-state index in [1.165, 1.54) is 0 Å². The second-order valence-corrected chi connectivity index (χ2v) is 4.39. The SMILES string of the molecule is CC(C)(C)OOC(C)(C)C.[Sn]. The summed E-state index contributed by atoms with van der Waals surface area (Å²) in [6, 6.07) is 0. The van der Waals surface area contributed by atoms with Gasteiger partial charge >= 0.3 is 0 Å². The topological polar surface area (TPSA) is 18.5 Å². The van der Waals surface area contributed by atoms with Crippen LogP contribution in [0.5, 0.6) is 0 Å². The average Bonchev–Trinajstić information content (AvgIpc) is 1.57. The Bertz CT molecular complexity index is 85.6. The van der Waals surface area contributed by atoms with E-state index >= 15 is 0 Å². The van der Waals surface area contributed by atoms with Crippen LogP contribution in [0.3, 0.4) is 0 Å². The van der Waals surface area contributed by atoms with Gasteiger partial charge in [0.2, 0.25) is 0 Å². The van der Waals surface area contributed by atoms with Crippen molar-refractivity contribution in [3.05, 3.63) is 0 Å². The summed E-state index contributed by atoms with van der Waals surface area (Å²) in [5, 5.41) is 0. The smallest absolute Gasteiger partial charge is 0.0952 e. The summed E-state index contributed by atoms with van der Waals surface area (Å²) in [7, 11) is 0. The summed E-state index contributed by atoms with van der Waals surface area (Å²) in [5.41, 5.74) is -0.430. The molecular formula is C8H18O2Sn. The van der Waals surface area contributed by atoms with Crippen molar-refractivity contribution in [1.29, 1.82) is 0 Å². The molecule has 0 unspecified atom stereocenters. The molecular weight excluding hydrogens is 247 g/mol. The van der Waals surface area contributed by atoms with Crippen molar-refractivity contribution in [3.63, 3.8) is 0 Å². The third-order valence-corrected chi connectivity index (χ3v) is 0.542. The minimum absolute atomic E-state index is 0. The maximum Gasteiger partial charge on any atom is 0.0952 e. The first-order valence-electron chi connectivity index (χ1n) is 3.57. The Morgan fingerprint density at radius 2 is 0.818 bits per heavy atom. The minimum Gasteiger partial charge on any atom is -0.230 e. The first-order chi connectivity index (χ1) is 4.21. The summed E-state index contributed by atoms with van der Waals surface area (Å²) in [6.45, 7) is 11.7. The van der Waals surface area contributed by atoms with Gasteiger partial charge < -0.3 is 0 Å². The van der Waals surface area contributed by atoms with Crippen LogP contribution in [-0.4, -0.2) is 35.1 Å². The van der Waals surface area contributed by atoms with Crippen molar-refractivity contribution in [2.45, 2.75) is 52.7 Å². The fourth-order valence-electron chi connectivity index (χ4n) is 0.250. The standard InChI is InChI=1S/C8H18O2.Sn/c1-7(2,3)9-10-8(4,5)6;/h1-6H3;. The van der Waals surface area contributed by atoms with Gasteiger partial charge in [0.05, 0.1) is 11.2 Å². The zero-order chi connectivity index (χ0) is 8.41. The number of hydrogen-bond acceptors (Lipinski definition) is 2. The average molecular weight is 265 g/mol. The maximum absolute atomic E-state index is 5.09. The molecule has 0 spiro atoms. The van der Waals surface area contributed by atoms with Gasteiger partial charge in [0.15, 0.2) is 0 Å². The molecule has 66 valence electrons. The van der Waals surface area contributed by atoms with E-state index in [4.69, 9.17) is 9.78 Å². The Morgan fingerprint density at radius 1 is 0.636 bits per heavy atom. The third kappa shape index (κ3) is 13.7. The van der Waals surface area contributed by atoms with E-state index in [0.29, 0.717) is 0 Å². The maximum atomic E-state index is 5.09. The van der Waals surface area contributed by atoms with Crippen LogP contribution in [-0.2, 0) is 9.78 Å². The molecule has 0 bridgehead atoms. The van der Waals surface area contributed by atoms with Gasteiger partial charge in [0.1, 0.15) is 0 Å². The Labute approximate surface area is 86.5 Å². The molecule has 0 heterocycles. The van der Waals surface area contributed by atoms with Gasteiger partial charge in [-0.15, -0.1) is 0 Å². The molecule has 0 saturated heterocycles. The van der Waals surface area contributed by atoms with Crippen molar-refractivity contribution in [2.24, 2.45) is 0 Å². The van der Waals surface area contributed by atoms with Crippen molar-refractivity contribution < 1.29 is 9.78 Å². The van der Waals surface area contributed by atoms with Crippen LogP contribution in [0.15, 0.2) is 0 Å². The van der Waals surface area contributed by atoms with E-state index in [9.17, 15) is 0 Å². The number of rotatable bonds is 1. The second-order valence-electron chi connectivity index (χ2n) is 4.39. The quantitative estimate of drug-likeness (QED) is 0.411. The van der Waals surface area contributed by atoms with E-state index in [-0.39, 0.29) is 35.1 Å². The first kappa shape index (κ1) is 14.3. The van der Waals surface area contributed by atoms with Crippen LogP contribution < -0.4 is 0 Å². The summed E-state index contributed by atoms with van der Waals surface area (Å²) >= 11 is 0. The van der Waals surface area contributed by atoms with E-state index in [0.717, 1.165) is 0 Å². The van der Waals surface area contributed by atoms with Gasteiger partial charge in [-0.1, -0.05) is 0 Å². The molecule has 0 amide bonds. The molecule has 0 rings (SSSR count). The van der Waals surface area contributed by atoms with Crippen LogP contribution in [0.2, 0.25) is 0 Å². The minimum atomic E-state index is -0.215. The third-order valence-electron chi connectivity index (χ3n) is 0.542. The molecule has 2 nitrogen and oxygen atoms in total. The molecule has 0 aromatic heterocycles. The van der Waals surface area contributed by atoms with Crippen molar-refractivity contribution >= 4 is 23.9 Å². The monoisotopic (exact) mass is 266 g/mol. The summed E-state index contributed by atoms with van der Waals surface area (Å²) in [5.74, 6) is 0. The van der Waals surface area contributed by atoms with Crippen LogP contribution in [0.4, 0.5) is 0 Å². The van der Waals surface area contributed by atoms with Gasteiger partial charge in [0, 0.05) is 23.9 Å². The fraction of sp³-hybridized carbons (Fsp3) is 1.00. The molecule has 0 fully saturated rings. The fourth-order valence-corrected chi connectivity index (χ4v) is 0.250. The van der Waals surface area contributed by atoms with Gasteiger partial charge in [-0.05, 0) is 41.5 Å². The Balaban J connectivity index is 0. The van der Waals surface area contributed by atoms with E-state index in [1.54, 1.807) is 0 Å². The van der Waals surface area contributed by atoms with E-state index in [2.05, 4.69) is 0 Å². The summed E-state index contributed by atoms with van der Waals surface area (Å²) < 4.78 is 0. The van der Waals surface area contributed by atoms with Gasteiger partial charge in [-0.2, -0.15) is 0 Å². The predicted octanol–water partition coefficient (Wildman–Crippen LogP) is 2.15. The molecule has 0 aliphatic heterocycles. The van der Waals surface area contributed by atoms with Crippen LogP contribution >= 0.6 is 0 Å². The summed E-state index contributed by atoms with van der Waals surface area (Å²) in [6.07, 6.45) is 0. The van der Waals surface area contributed by atoms with Gasteiger partial charge in [-0.3, -0.25) is 0 Å². The van der Waals surface area contributed by atoms with Gasteiger partial charge in [0.25, 0.3) is 0 Å². The predicted molar refractivity (Wildman–Crippen MR) is 47.4 cm³/mol. The zero-order valence-corrected chi connectivity index (χ0v) is 11.2. The van der Waals surface area contributed by atoms with Crippen molar-refractivity contribution in [2.75, 3.05) is 0 Å². The molecule has 0 aromatic carbocycles. The molecule has 0 saturated carbocycles. The molecule has 3 heteroatoms. The van der Waals surface area contributed by atoms with Crippen molar-refractivity contribution in [3.8, 4) is 0 Å². The van der Waals surface area contributed by atoms with E-state index < -0.39 is 0 Å². The normalized spacial score (nSPS) is 12.5. The molecule has 0 aliphatic carbocycles. The largest absolute Gasteiger partial charge is 0.230 e. The van der Waals surface area contributed by atoms with Gasteiger partial charge in [-0.25, -0.2) is 9.78 Å². The summed E-state index contributed by atoms with van der Waals surface area (Å²) in [4.78, 5) is 10.2. The van der Waals surface area contributed by atoms with Crippen molar-refractivity contribution in [1.82, 2.24) is 0 Å². The van der Waals surface area contributed by atoms with Crippen LogP contribution in [0.25, 0.3) is 0 Å². The molecule has 0 N–H and O–H groups in total. The molecule has 4 radical (unpaired) electrons. The molecule has 11 heavy (non-hydrogen) atoms. The Hall–Kier alpha value is 0.719. The number of hydrogen-bond donors (Lipinski definition) is 0. The first-order valence-corrected chi connectivity index (χ1v) is 3.57. The van der Waals surface area contributed by atoms with Crippen LogP contribution in [0, 0.1) is 0 Å². The zero-order valence-electron chi connectivity index (χ0n) is 8.32. The molecule has 0 aromatic rings. The molecule has 0 aliphatic rings.